The van der Waals surface area contributed by atoms with Crippen molar-refractivity contribution in [3.8, 4) is 5.69 Å². The second kappa shape index (κ2) is 9.03. The molecule has 1 aromatic heterocycles. The topological polar surface area (TPSA) is 59.4 Å². The number of aryl methyl sites for hydroxylation is 1. The molecular formula is C24H22BrFN2O3S. The van der Waals surface area contributed by atoms with Gasteiger partial charge in [-0.3, -0.25) is 4.79 Å². The van der Waals surface area contributed by atoms with Crippen LogP contribution in [0.2, 0.25) is 0 Å². The minimum absolute atomic E-state index is 0.155. The highest BCUT2D eigenvalue weighted by molar-refractivity contribution is 9.10. The van der Waals surface area contributed by atoms with E-state index in [-0.39, 0.29) is 30.2 Å². The number of nitrogens with zero attached hydrogens (tertiary/aromatic N) is 2. The van der Waals surface area contributed by atoms with E-state index < -0.39 is 21.7 Å². The largest absolute Gasteiger partial charge is 0.331 e. The van der Waals surface area contributed by atoms with Gasteiger partial charge in [0.15, 0.2) is 9.84 Å². The van der Waals surface area contributed by atoms with E-state index in [2.05, 4.69) is 15.9 Å². The number of rotatable bonds is 6. The molecular weight excluding hydrogens is 495 g/mol. The molecule has 1 aliphatic heterocycles. The standard InChI is InChI=1S/C24H22BrFN2O3S/c1-17-3-2-11-27(17)21-9-6-19(23(26)14-21)13-24(29)28(22-10-12-32(30,31)16-22)15-18-4-7-20(25)8-5-18/h2-12,14,22H,13,15-16H2,1H3. The summed E-state index contributed by atoms with van der Waals surface area (Å²) in [5, 5.41) is 1.15. The quantitative estimate of drug-likeness (QED) is 0.482. The van der Waals surface area contributed by atoms with Crippen molar-refractivity contribution in [3.63, 3.8) is 0 Å². The maximum absolute atomic E-state index is 14.9. The SMILES string of the molecule is Cc1cccn1-c1ccc(CC(=O)N(Cc2ccc(Br)cc2)C2C=CS(=O)(=O)C2)c(F)c1. The van der Waals surface area contributed by atoms with E-state index in [1.165, 1.54) is 17.0 Å². The van der Waals surface area contributed by atoms with Crippen LogP contribution in [0.3, 0.4) is 0 Å². The zero-order valence-corrected chi connectivity index (χ0v) is 19.8. The lowest BCUT2D eigenvalue weighted by Gasteiger charge is -2.28. The Morgan fingerprint density at radius 2 is 1.94 bits per heavy atom. The predicted molar refractivity (Wildman–Crippen MR) is 126 cm³/mol. The van der Waals surface area contributed by atoms with E-state index in [0.29, 0.717) is 5.69 Å². The molecule has 0 spiro atoms. The molecule has 3 aromatic rings. The Bertz CT molecular complexity index is 1280. The second-order valence-corrected chi connectivity index (χ2v) is 10.7. The Hall–Kier alpha value is -2.71. The van der Waals surface area contributed by atoms with Crippen LogP contribution < -0.4 is 0 Å². The number of hydrogen-bond donors (Lipinski definition) is 0. The number of carbonyl (C=O) groups excluding carboxylic acids is 1. The molecule has 0 radical (unpaired) electrons. The highest BCUT2D eigenvalue weighted by Crippen LogP contribution is 2.22. The first-order valence-electron chi connectivity index (χ1n) is 10.1. The first-order chi connectivity index (χ1) is 15.2. The van der Waals surface area contributed by atoms with Gasteiger partial charge in [0.2, 0.25) is 5.91 Å². The number of benzene rings is 2. The van der Waals surface area contributed by atoms with Crippen molar-refractivity contribution in [3.05, 3.63) is 99.4 Å². The van der Waals surface area contributed by atoms with Gasteiger partial charge in [-0.05, 0) is 60.5 Å². The van der Waals surface area contributed by atoms with Crippen LogP contribution in [-0.4, -0.2) is 35.6 Å². The summed E-state index contributed by atoms with van der Waals surface area (Å²) >= 11 is 3.38. The smallest absolute Gasteiger partial charge is 0.227 e. The van der Waals surface area contributed by atoms with Gasteiger partial charge in [0.05, 0.1) is 18.2 Å². The van der Waals surface area contributed by atoms with Gasteiger partial charge in [0, 0.05) is 34.0 Å². The summed E-state index contributed by atoms with van der Waals surface area (Å²) in [6.07, 6.45) is 3.22. The van der Waals surface area contributed by atoms with Gasteiger partial charge in [0.1, 0.15) is 5.82 Å². The first-order valence-corrected chi connectivity index (χ1v) is 12.6. The molecule has 0 saturated heterocycles. The predicted octanol–water partition coefficient (Wildman–Crippen LogP) is 4.57. The lowest BCUT2D eigenvalue weighted by molar-refractivity contribution is -0.132. The fraction of sp³-hybridized carbons (Fsp3) is 0.208. The van der Waals surface area contributed by atoms with E-state index in [1.807, 2.05) is 54.1 Å². The van der Waals surface area contributed by atoms with Crippen LogP contribution in [0, 0.1) is 12.7 Å². The third-order valence-corrected chi connectivity index (χ3v) is 7.41. The van der Waals surface area contributed by atoms with Gasteiger partial charge >= 0.3 is 0 Å². The molecule has 2 aromatic carbocycles. The lowest BCUT2D eigenvalue weighted by Crippen LogP contribution is -2.41. The van der Waals surface area contributed by atoms with Crippen LogP contribution >= 0.6 is 15.9 Å². The number of sulfone groups is 1. The third kappa shape index (κ3) is 5.02. The molecule has 0 fully saturated rings. The van der Waals surface area contributed by atoms with Crippen molar-refractivity contribution in [2.45, 2.75) is 25.9 Å². The molecule has 8 heteroatoms. The fourth-order valence-electron chi connectivity index (χ4n) is 3.78. The molecule has 1 aliphatic rings. The van der Waals surface area contributed by atoms with E-state index in [1.54, 1.807) is 12.1 Å². The van der Waals surface area contributed by atoms with Crippen molar-refractivity contribution in [2.75, 3.05) is 5.75 Å². The molecule has 1 unspecified atom stereocenters. The zero-order chi connectivity index (χ0) is 22.9. The maximum atomic E-state index is 14.9. The van der Waals surface area contributed by atoms with Gasteiger partial charge in [-0.15, -0.1) is 0 Å². The Morgan fingerprint density at radius 3 is 2.53 bits per heavy atom. The Kier molecular flexibility index (Phi) is 6.35. The third-order valence-electron chi connectivity index (χ3n) is 5.51. The Balaban J connectivity index is 1.57. The average Bonchev–Trinajstić information content (AvgIpc) is 3.33. The molecule has 1 amide bonds. The molecule has 4 rings (SSSR count). The van der Waals surface area contributed by atoms with Crippen LogP contribution in [0.25, 0.3) is 5.69 Å². The van der Waals surface area contributed by atoms with Gasteiger partial charge in [0.25, 0.3) is 0 Å². The first kappa shape index (κ1) is 22.5. The van der Waals surface area contributed by atoms with E-state index in [0.717, 1.165) is 21.1 Å². The minimum Gasteiger partial charge on any atom is -0.331 e. The number of amides is 1. The zero-order valence-electron chi connectivity index (χ0n) is 17.4. The maximum Gasteiger partial charge on any atom is 0.227 e. The van der Waals surface area contributed by atoms with Crippen LogP contribution in [0.5, 0.6) is 0 Å². The molecule has 0 saturated carbocycles. The molecule has 0 N–H and O–H groups in total. The highest BCUT2D eigenvalue weighted by atomic mass is 79.9. The number of halogens is 2. The summed E-state index contributed by atoms with van der Waals surface area (Å²) in [5.74, 6) is -0.963. The summed E-state index contributed by atoms with van der Waals surface area (Å²) in [6, 6.07) is 15.5. The van der Waals surface area contributed by atoms with Crippen LogP contribution in [0.15, 0.2) is 76.8 Å². The molecule has 32 heavy (non-hydrogen) atoms. The normalized spacial score (nSPS) is 16.9. The molecule has 0 bridgehead atoms. The number of carbonyl (C=O) groups is 1. The van der Waals surface area contributed by atoms with Crippen LogP contribution in [0.1, 0.15) is 16.8 Å². The van der Waals surface area contributed by atoms with Crippen LogP contribution in [0.4, 0.5) is 4.39 Å². The van der Waals surface area contributed by atoms with E-state index in [4.69, 9.17) is 0 Å². The monoisotopic (exact) mass is 516 g/mol. The summed E-state index contributed by atoms with van der Waals surface area (Å²) in [4.78, 5) is 14.7. The van der Waals surface area contributed by atoms with Gasteiger partial charge in [-0.2, -0.15) is 0 Å². The molecule has 1 atom stereocenters. The summed E-state index contributed by atoms with van der Waals surface area (Å²) in [5.41, 5.74) is 2.79. The van der Waals surface area contributed by atoms with Crippen LogP contribution in [-0.2, 0) is 27.6 Å². The fourth-order valence-corrected chi connectivity index (χ4v) is 5.34. The summed E-state index contributed by atoms with van der Waals surface area (Å²) in [7, 11) is -3.35. The van der Waals surface area contributed by atoms with Crippen molar-refractivity contribution < 1.29 is 17.6 Å². The average molecular weight is 517 g/mol. The Morgan fingerprint density at radius 1 is 1.19 bits per heavy atom. The van der Waals surface area contributed by atoms with Crippen molar-refractivity contribution in [2.24, 2.45) is 0 Å². The van der Waals surface area contributed by atoms with Gasteiger partial charge in [-0.25, -0.2) is 12.8 Å². The molecule has 5 nitrogen and oxygen atoms in total. The number of hydrogen-bond acceptors (Lipinski definition) is 3. The molecule has 166 valence electrons. The van der Waals surface area contributed by atoms with Crippen molar-refractivity contribution in [1.29, 1.82) is 0 Å². The molecule has 2 heterocycles. The lowest BCUT2D eigenvalue weighted by atomic mass is 10.1. The van der Waals surface area contributed by atoms with Crippen molar-refractivity contribution in [1.82, 2.24) is 9.47 Å². The molecule has 0 aliphatic carbocycles. The second-order valence-electron chi connectivity index (χ2n) is 7.85. The number of aromatic nitrogens is 1. The highest BCUT2D eigenvalue weighted by Gasteiger charge is 2.30. The van der Waals surface area contributed by atoms with Crippen molar-refractivity contribution >= 4 is 31.7 Å². The van der Waals surface area contributed by atoms with E-state index >= 15 is 0 Å². The minimum atomic E-state index is -3.35. The van der Waals surface area contributed by atoms with Gasteiger partial charge < -0.3 is 9.47 Å². The van der Waals surface area contributed by atoms with E-state index in [9.17, 15) is 17.6 Å². The van der Waals surface area contributed by atoms with Gasteiger partial charge in [-0.1, -0.05) is 34.1 Å². The summed E-state index contributed by atoms with van der Waals surface area (Å²) < 4.78 is 41.6. The summed E-state index contributed by atoms with van der Waals surface area (Å²) in [6.45, 7) is 2.16. The Labute approximate surface area is 195 Å².